The van der Waals surface area contributed by atoms with Gasteiger partial charge in [-0.1, -0.05) is 39.8 Å². The first-order valence-electron chi connectivity index (χ1n) is 4.30. The lowest BCUT2D eigenvalue weighted by Crippen LogP contribution is -1.83. The van der Waals surface area contributed by atoms with Crippen LogP contribution in [-0.4, -0.2) is 4.98 Å². The summed E-state index contributed by atoms with van der Waals surface area (Å²) in [6, 6.07) is 12.6. The summed E-state index contributed by atoms with van der Waals surface area (Å²) >= 11 is 4.82. The van der Waals surface area contributed by atoms with Gasteiger partial charge >= 0.3 is 0 Å². The first-order chi connectivity index (χ1) is 7.24. The predicted molar refractivity (Wildman–Crippen MR) is 62.5 cm³/mol. The highest BCUT2D eigenvalue weighted by Crippen LogP contribution is 2.27. The molecule has 4 heteroatoms. The first-order valence-corrected chi connectivity index (χ1v) is 5.91. The minimum absolute atomic E-state index is 0.449. The van der Waals surface area contributed by atoms with Crippen LogP contribution >= 0.6 is 27.7 Å². The van der Waals surface area contributed by atoms with E-state index in [1.54, 1.807) is 12.1 Å². The molecule has 0 atom stereocenters. The van der Waals surface area contributed by atoms with Crippen molar-refractivity contribution < 1.29 is 4.39 Å². The van der Waals surface area contributed by atoms with E-state index < -0.39 is 5.95 Å². The molecule has 1 aromatic heterocycles. The second-order valence-corrected chi connectivity index (χ2v) is 4.87. The summed E-state index contributed by atoms with van der Waals surface area (Å²) in [6.07, 6.45) is 0. The van der Waals surface area contributed by atoms with E-state index >= 15 is 0 Å². The molecule has 1 heterocycles. The summed E-state index contributed by atoms with van der Waals surface area (Å²) in [5.41, 5.74) is 0. The molecule has 0 radical (unpaired) electrons. The number of nitrogens with zero attached hydrogens (tertiary/aromatic N) is 1. The fourth-order valence-electron chi connectivity index (χ4n) is 1.10. The van der Waals surface area contributed by atoms with Crippen LogP contribution < -0.4 is 0 Å². The monoisotopic (exact) mass is 283 g/mol. The van der Waals surface area contributed by atoms with Gasteiger partial charge in [0.2, 0.25) is 5.95 Å². The molecule has 0 spiro atoms. The number of benzene rings is 1. The molecule has 0 aliphatic heterocycles. The lowest BCUT2D eigenvalue weighted by atomic mass is 10.4. The summed E-state index contributed by atoms with van der Waals surface area (Å²) in [5.74, 6) is -0.449. The zero-order chi connectivity index (χ0) is 10.7. The first kappa shape index (κ1) is 10.6. The van der Waals surface area contributed by atoms with E-state index in [0.717, 1.165) is 9.37 Å². The quantitative estimate of drug-likeness (QED) is 0.769. The Bertz CT molecular complexity index is 432. The van der Waals surface area contributed by atoms with Crippen LogP contribution in [0.5, 0.6) is 0 Å². The van der Waals surface area contributed by atoms with E-state index in [1.807, 2.05) is 24.3 Å². The van der Waals surface area contributed by atoms with Gasteiger partial charge in [0.25, 0.3) is 0 Å². The fourth-order valence-corrected chi connectivity index (χ4v) is 2.50. The van der Waals surface area contributed by atoms with Gasteiger partial charge in [0, 0.05) is 9.37 Å². The molecule has 0 aliphatic rings. The molecule has 0 amide bonds. The minimum atomic E-state index is -0.449. The third-order valence-corrected chi connectivity index (χ3v) is 3.13. The van der Waals surface area contributed by atoms with Crippen molar-refractivity contribution in [2.45, 2.75) is 9.92 Å². The largest absolute Gasteiger partial charge is 0.213 e. The van der Waals surface area contributed by atoms with E-state index in [2.05, 4.69) is 20.9 Å². The molecule has 76 valence electrons. The Labute approximate surface area is 99.9 Å². The molecule has 15 heavy (non-hydrogen) atoms. The van der Waals surface area contributed by atoms with Crippen molar-refractivity contribution in [3.8, 4) is 0 Å². The summed E-state index contributed by atoms with van der Waals surface area (Å²) in [4.78, 5) is 4.81. The maximum Gasteiger partial charge on any atom is 0.213 e. The Morgan fingerprint density at radius 1 is 1.13 bits per heavy atom. The van der Waals surface area contributed by atoms with Gasteiger partial charge in [-0.05, 0) is 30.3 Å². The van der Waals surface area contributed by atoms with Crippen LogP contribution in [0.25, 0.3) is 0 Å². The van der Waals surface area contributed by atoms with Crippen molar-refractivity contribution in [3.05, 3.63) is 52.9 Å². The van der Waals surface area contributed by atoms with E-state index in [-0.39, 0.29) is 0 Å². The maximum atomic E-state index is 12.8. The van der Waals surface area contributed by atoms with Crippen LogP contribution in [0, 0.1) is 5.95 Å². The molecule has 0 saturated carbocycles. The number of aromatic nitrogens is 1. The normalized spacial score (nSPS) is 10.3. The third kappa shape index (κ3) is 3.04. The van der Waals surface area contributed by atoms with Gasteiger partial charge in [0.05, 0.1) is 0 Å². The van der Waals surface area contributed by atoms with Gasteiger partial charge in [0.1, 0.15) is 5.03 Å². The van der Waals surface area contributed by atoms with Gasteiger partial charge < -0.3 is 0 Å². The van der Waals surface area contributed by atoms with Crippen LogP contribution in [-0.2, 0) is 0 Å². The molecule has 1 nitrogen and oxygen atoms in total. The molecule has 0 saturated heterocycles. The number of rotatable bonds is 2. The highest BCUT2D eigenvalue weighted by atomic mass is 79.9. The summed E-state index contributed by atoms with van der Waals surface area (Å²) in [7, 11) is 0. The second kappa shape index (κ2) is 4.77. The van der Waals surface area contributed by atoms with E-state index in [4.69, 9.17) is 0 Å². The Hall–Kier alpha value is -0.870. The molecule has 1 aromatic carbocycles. The number of hydrogen-bond donors (Lipinski definition) is 0. The number of hydrogen-bond acceptors (Lipinski definition) is 2. The standard InChI is InChI=1S/C11H7BrFNS/c12-8-3-1-4-9(7-8)15-11-6-2-5-10(13)14-11/h1-7H. The summed E-state index contributed by atoms with van der Waals surface area (Å²) in [5, 5.41) is 0.660. The Morgan fingerprint density at radius 2 is 1.93 bits per heavy atom. The molecule has 2 aromatic rings. The van der Waals surface area contributed by atoms with Crippen LogP contribution in [0.4, 0.5) is 4.39 Å². The molecular formula is C11H7BrFNS. The van der Waals surface area contributed by atoms with Crippen molar-refractivity contribution in [2.75, 3.05) is 0 Å². The second-order valence-electron chi connectivity index (χ2n) is 2.86. The van der Waals surface area contributed by atoms with Crippen LogP contribution in [0.3, 0.4) is 0 Å². The topological polar surface area (TPSA) is 12.9 Å². The van der Waals surface area contributed by atoms with E-state index in [0.29, 0.717) is 5.03 Å². The van der Waals surface area contributed by atoms with E-state index in [1.165, 1.54) is 17.8 Å². The van der Waals surface area contributed by atoms with Crippen molar-refractivity contribution in [1.82, 2.24) is 4.98 Å². The average Bonchev–Trinajstić information content (AvgIpc) is 2.17. The molecule has 0 aliphatic carbocycles. The molecule has 0 bridgehead atoms. The lowest BCUT2D eigenvalue weighted by Gasteiger charge is -2.00. The average molecular weight is 284 g/mol. The van der Waals surface area contributed by atoms with Crippen molar-refractivity contribution in [1.29, 1.82) is 0 Å². The van der Waals surface area contributed by atoms with Crippen molar-refractivity contribution in [3.63, 3.8) is 0 Å². The zero-order valence-corrected chi connectivity index (χ0v) is 10.1. The Morgan fingerprint density at radius 3 is 2.67 bits per heavy atom. The zero-order valence-electron chi connectivity index (χ0n) is 7.65. The van der Waals surface area contributed by atoms with Gasteiger partial charge in [-0.3, -0.25) is 0 Å². The molecular weight excluding hydrogens is 277 g/mol. The summed E-state index contributed by atoms with van der Waals surface area (Å²) < 4.78 is 13.8. The molecule has 2 rings (SSSR count). The molecule has 0 N–H and O–H groups in total. The minimum Gasteiger partial charge on any atom is -0.213 e. The van der Waals surface area contributed by atoms with Crippen molar-refractivity contribution >= 4 is 27.7 Å². The smallest absolute Gasteiger partial charge is 0.213 e. The predicted octanol–water partition coefficient (Wildman–Crippen LogP) is 4.13. The highest BCUT2D eigenvalue weighted by Gasteiger charge is 2.00. The Balaban J connectivity index is 2.22. The summed E-state index contributed by atoms with van der Waals surface area (Å²) in [6.45, 7) is 0. The SMILES string of the molecule is Fc1cccc(Sc2cccc(Br)c2)n1. The van der Waals surface area contributed by atoms with Gasteiger partial charge in [-0.25, -0.2) is 4.98 Å². The fraction of sp³-hybridized carbons (Fsp3) is 0. The van der Waals surface area contributed by atoms with Gasteiger partial charge in [-0.2, -0.15) is 4.39 Å². The van der Waals surface area contributed by atoms with Crippen LogP contribution in [0.2, 0.25) is 0 Å². The van der Waals surface area contributed by atoms with Gasteiger partial charge in [-0.15, -0.1) is 0 Å². The van der Waals surface area contributed by atoms with Crippen LogP contribution in [0.1, 0.15) is 0 Å². The highest BCUT2D eigenvalue weighted by molar-refractivity contribution is 9.10. The van der Waals surface area contributed by atoms with Crippen LogP contribution in [0.15, 0.2) is 56.9 Å². The lowest BCUT2D eigenvalue weighted by molar-refractivity contribution is 0.572. The third-order valence-electron chi connectivity index (χ3n) is 1.71. The van der Waals surface area contributed by atoms with Gasteiger partial charge in [0.15, 0.2) is 0 Å². The Kier molecular flexibility index (Phi) is 3.38. The molecule has 0 fully saturated rings. The van der Waals surface area contributed by atoms with E-state index in [9.17, 15) is 4.39 Å². The number of pyridine rings is 1. The molecule has 0 unspecified atom stereocenters. The maximum absolute atomic E-state index is 12.8. The number of halogens is 2. The van der Waals surface area contributed by atoms with Crippen molar-refractivity contribution in [2.24, 2.45) is 0 Å².